The highest BCUT2D eigenvalue weighted by atomic mass is 32.2. The average molecular weight is 455 g/mol. The van der Waals surface area contributed by atoms with Gasteiger partial charge in [0.2, 0.25) is 0 Å². The summed E-state index contributed by atoms with van der Waals surface area (Å²) in [6.07, 6.45) is 4.15. The smallest absolute Gasteiger partial charge is 0.263 e. The van der Waals surface area contributed by atoms with Crippen LogP contribution in [0, 0.1) is 13.8 Å². The second-order valence-electron chi connectivity index (χ2n) is 6.97. The maximum atomic E-state index is 12.8. The van der Waals surface area contributed by atoms with Crippen molar-refractivity contribution in [2.24, 2.45) is 0 Å². The van der Waals surface area contributed by atoms with E-state index in [1.165, 1.54) is 29.7 Å². The molecule has 0 radical (unpaired) electrons. The summed E-state index contributed by atoms with van der Waals surface area (Å²) in [6, 6.07) is 9.94. The molecule has 31 heavy (non-hydrogen) atoms. The van der Waals surface area contributed by atoms with Crippen molar-refractivity contribution in [2.45, 2.75) is 18.7 Å². The molecule has 0 fully saturated rings. The van der Waals surface area contributed by atoms with Gasteiger partial charge in [-0.3, -0.25) is 15.1 Å². The summed E-state index contributed by atoms with van der Waals surface area (Å²) in [5.74, 6) is -0.430. The molecule has 0 saturated heterocycles. The van der Waals surface area contributed by atoms with E-state index in [9.17, 15) is 13.2 Å². The van der Waals surface area contributed by atoms with Gasteiger partial charge in [-0.25, -0.2) is 13.4 Å². The Morgan fingerprint density at radius 1 is 1.06 bits per heavy atom. The van der Waals surface area contributed by atoms with E-state index in [1.54, 1.807) is 18.3 Å². The van der Waals surface area contributed by atoms with E-state index < -0.39 is 15.7 Å². The van der Waals surface area contributed by atoms with Crippen molar-refractivity contribution in [1.29, 1.82) is 0 Å². The summed E-state index contributed by atoms with van der Waals surface area (Å²) in [6.45, 7) is 3.87. The molecule has 8 nitrogen and oxygen atoms in total. The molecule has 0 aliphatic heterocycles. The topological polar surface area (TPSA) is 115 Å². The fourth-order valence-electron chi connectivity index (χ4n) is 2.93. The van der Waals surface area contributed by atoms with Crippen LogP contribution in [0.3, 0.4) is 0 Å². The van der Waals surface area contributed by atoms with Crippen molar-refractivity contribution in [3.63, 3.8) is 0 Å². The van der Waals surface area contributed by atoms with E-state index in [1.807, 2.05) is 26.0 Å². The highest BCUT2D eigenvalue weighted by molar-refractivity contribution is 7.90. The summed E-state index contributed by atoms with van der Waals surface area (Å²) in [5.41, 5.74) is 3.58. The number of hydrogen-bond donors (Lipinski definition) is 1. The highest BCUT2D eigenvalue weighted by Gasteiger charge is 2.20. The summed E-state index contributed by atoms with van der Waals surface area (Å²) in [5, 5.41) is 7.11. The van der Waals surface area contributed by atoms with Crippen LogP contribution >= 0.6 is 11.3 Å². The van der Waals surface area contributed by atoms with Gasteiger partial charge in [0.05, 0.1) is 10.6 Å². The van der Waals surface area contributed by atoms with Gasteiger partial charge in [-0.1, -0.05) is 23.4 Å². The Morgan fingerprint density at radius 2 is 1.81 bits per heavy atom. The van der Waals surface area contributed by atoms with E-state index in [0.717, 1.165) is 22.4 Å². The first-order valence-corrected chi connectivity index (χ1v) is 11.9. The van der Waals surface area contributed by atoms with Gasteiger partial charge in [0, 0.05) is 22.9 Å². The Hall–Kier alpha value is -3.37. The monoisotopic (exact) mass is 454 g/mol. The maximum absolute atomic E-state index is 12.8. The molecular weight excluding hydrogens is 436 g/mol. The Morgan fingerprint density at radius 3 is 2.45 bits per heavy atom. The molecule has 0 aliphatic rings. The quantitative estimate of drug-likeness (QED) is 0.482. The van der Waals surface area contributed by atoms with Crippen LogP contribution in [0.2, 0.25) is 0 Å². The van der Waals surface area contributed by atoms with Crippen LogP contribution in [-0.4, -0.2) is 35.7 Å². The van der Waals surface area contributed by atoms with Crippen LogP contribution in [0.1, 0.15) is 20.8 Å². The normalized spacial score (nSPS) is 11.5. The van der Waals surface area contributed by atoms with Crippen LogP contribution in [-0.2, 0) is 9.84 Å². The SMILES string of the molecule is Cc1ccc(-c2nc(NC(=O)c3conc3-c3ccc(S(C)(=O)=O)cc3)sc2C)nc1. The van der Waals surface area contributed by atoms with Crippen molar-refractivity contribution >= 4 is 32.2 Å². The number of aromatic nitrogens is 3. The minimum absolute atomic E-state index is 0.182. The van der Waals surface area contributed by atoms with Gasteiger partial charge < -0.3 is 4.52 Å². The van der Waals surface area contributed by atoms with Crippen molar-refractivity contribution < 1.29 is 17.7 Å². The molecule has 158 valence electrons. The lowest BCUT2D eigenvalue weighted by atomic mass is 10.1. The summed E-state index contributed by atoms with van der Waals surface area (Å²) >= 11 is 1.34. The third-order valence-corrected chi connectivity index (χ3v) is 6.56. The molecule has 3 heterocycles. The first kappa shape index (κ1) is 20.9. The zero-order chi connectivity index (χ0) is 22.2. The molecule has 0 aliphatic carbocycles. The van der Waals surface area contributed by atoms with Crippen molar-refractivity contribution in [1.82, 2.24) is 15.1 Å². The third kappa shape index (κ3) is 4.39. The largest absolute Gasteiger partial charge is 0.363 e. The van der Waals surface area contributed by atoms with Crippen LogP contribution < -0.4 is 5.32 Å². The second kappa shape index (κ2) is 8.05. The molecule has 4 aromatic rings. The van der Waals surface area contributed by atoms with Gasteiger partial charge in [-0.05, 0) is 37.6 Å². The van der Waals surface area contributed by atoms with E-state index in [-0.39, 0.29) is 10.5 Å². The lowest BCUT2D eigenvalue weighted by Gasteiger charge is -2.03. The van der Waals surface area contributed by atoms with Crippen LogP contribution in [0.15, 0.2) is 58.3 Å². The molecule has 0 bridgehead atoms. The van der Waals surface area contributed by atoms with Gasteiger partial charge >= 0.3 is 0 Å². The van der Waals surface area contributed by atoms with Gasteiger partial charge in [-0.2, -0.15) is 0 Å². The molecule has 1 aromatic carbocycles. The second-order valence-corrected chi connectivity index (χ2v) is 10.2. The lowest BCUT2D eigenvalue weighted by Crippen LogP contribution is -2.12. The Kier molecular flexibility index (Phi) is 5.42. The number of thiazole rings is 1. The van der Waals surface area contributed by atoms with Crippen LogP contribution in [0.25, 0.3) is 22.6 Å². The van der Waals surface area contributed by atoms with Crippen LogP contribution in [0.4, 0.5) is 5.13 Å². The van der Waals surface area contributed by atoms with Gasteiger partial charge in [0.1, 0.15) is 23.2 Å². The predicted molar refractivity (Wildman–Crippen MR) is 118 cm³/mol. The molecule has 0 unspecified atom stereocenters. The number of pyridine rings is 1. The fraction of sp³-hybridized carbons (Fsp3) is 0.143. The number of sulfone groups is 1. The molecular formula is C21H18N4O4S2. The van der Waals surface area contributed by atoms with Crippen molar-refractivity contribution in [3.8, 4) is 22.6 Å². The van der Waals surface area contributed by atoms with E-state index >= 15 is 0 Å². The summed E-state index contributed by atoms with van der Waals surface area (Å²) in [4.78, 5) is 22.8. The molecule has 3 aromatic heterocycles. The lowest BCUT2D eigenvalue weighted by molar-refractivity contribution is 0.102. The first-order valence-electron chi connectivity index (χ1n) is 9.19. The molecule has 0 atom stereocenters. The number of carbonyl (C=O) groups excluding carboxylic acids is 1. The number of aryl methyl sites for hydroxylation is 2. The minimum Gasteiger partial charge on any atom is -0.363 e. The van der Waals surface area contributed by atoms with Gasteiger partial charge in [0.25, 0.3) is 5.91 Å². The highest BCUT2D eigenvalue weighted by Crippen LogP contribution is 2.30. The number of nitrogens with zero attached hydrogens (tertiary/aromatic N) is 3. The number of rotatable bonds is 5. The van der Waals surface area contributed by atoms with E-state index in [2.05, 4.69) is 20.4 Å². The standard InChI is InChI=1S/C21H18N4O4S2/c1-12-4-9-17(22-10-12)18-13(2)30-21(23-18)24-20(26)16-11-29-25-19(16)14-5-7-15(8-6-14)31(3,27)28/h4-11H,1-3H3,(H,23,24,26). The fourth-order valence-corrected chi connectivity index (χ4v) is 4.37. The number of hydrogen-bond acceptors (Lipinski definition) is 8. The van der Waals surface area contributed by atoms with Gasteiger partial charge in [0.15, 0.2) is 15.0 Å². The zero-order valence-electron chi connectivity index (χ0n) is 16.9. The Balaban J connectivity index is 1.58. The number of amides is 1. The average Bonchev–Trinajstić information content (AvgIpc) is 3.35. The minimum atomic E-state index is -3.32. The molecule has 1 amide bonds. The number of carbonyl (C=O) groups is 1. The number of benzene rings is 1. The third-order valence-electron chi connectivity index (χ3n) is 4.54. The number of anilines is 1. The molecule has 10 heteroatoms. The Labute approximate surface area is 182 Å². The molecule has 4 rings (SSSR count). The van der Waals surface area contributed by atoms with Gasteiger partial charge in [-0.15, -0.1) is 11.3 Å². The molecule has 0 saturated carbocycles. The van der Waals surface area contributed by atoms with Crippen LogP contribution in [0.5, 0.6) is 0 Å². The summed E-state index contributed by atoms with van der Waals surface area (Å²) < 4.78 is 28.3. The summed E-state index contributed by atoms with van der Waals surface area (Å²) in [7, 11) is -3.32. The van der Waals surface area contributed by atoms with Crippen molar-refractivity contribution in [3.05, 3.63) is 64.9 Å². The first-order chi connectivity index (χ1) is 14.7. The zero-order valence-corrected chi connectivity index (χ0v) is 18.5. The predicted octanol–water partition coefficient (Wildman–Crippen LogP) is 4.13. The maximum Gasteiger partial charge on any atom is 0.263 e. The Bertz CT molecular complexity index is 1360. The molecule has 0 spiro atoms. The van der Waals surface area contributed by atoms with Crippen molar-refractivity contribution in [2.75, 3.05) is 11.6 Å². The molecule has 1 N–H and O–H groups in total. The van der Waals surface area contributed by atoms with E-state index in [4.69, 9.17) is 4.52 Å². The number of nitrogens with one attached hydrogen (secondary N) is 1. The van der Waals surface area contributed by atoms with E-state index in [0.29, 0.717) is 22.1 Å².